The minimum absolute atomic E-state index is 0.0281. The first-order valence-corrected chi connectivity index (χ1v) is 5.74. The smallest absolute Gasteiger partial charge is 0.114 e. The molecule has 0 aliphatic rings. The Balaban J connectivity index is 3.16. The lowest BCUT2D eigenvalue weighted by Crippen LogP contribution is -2.19. The Hall–Kier alpha value is -0.520. The standard InChI is InChI=1S/C13H24O2/c1-5-12(14)10-8-6-7-9-11-15-13(2,3)4/h1,12,14H,6-11H2,2-4H3. The third kappa shape index (κ3) is 11.4. The predicted octanol–water partition coefficient (Wildman–Crippen LogP) is 2.75. The molecule has 0 saturated carbocycles. The van der Waals surface area contributed by atoms with Gasteiger partial charge in [-0.15, -0.1) is 6.42 Å². The van der Waals surface area contributed by atoms with Gasteiger partial charge in [-0.05, 0) is 40.0 Å². The molecule has 0 fully saturated rings. The lowest BCUT2D eigenvalue weighted by atomic mass is 10.1. The van der Waals surface area contributed by atoms with Crippen molar-refractivity contribution >= 4 is 0 Å². The van der Waals surface area contributed by atoms with Gasteiger partial charge in [-0.2, -0.15) is 0 Å². The van der Waals surface area contributed by atoms with E-state index in [9.17, 15) is 0 Å². The van der Waals surface area contributed by atoms with Gasteiger partial charge in [0.25, 0.3) is 0 Å². The molecular weight excluding hydrogens is 188 g/mol. The Morgan fingerprint density at radius 1 is 1.20 bits per heavy atom. The summed E-state index contributed by atoms with van der Waals surface area (Å²) in [6.45, 7) is 7.02. The normalized spacial score (nSPS) is 13.5. The highest BCUT2D eigenvalue weighted by molar-refractivity contribution is 4.92. The van der Waals surface area contributed by atoms with E-state index in [0.29, 0.717) is 0 Å². The summed E-state index contributed by atoms with van der Waals surface area (Å²) in [5, 5.41) is 9.11. The van der Waals surface area contributed by atoms with E-state index in [4.69, 9.17) is 16.3 Å². The fourth-order valence-electron chi connectivity index (χ4n) is 1.25. The third-order valence-corrected chi connectivity index (χ3v) is 2.10. The van der Waals surface area contributed by atoms with Crippen molar-refractivity contribution in [2.45, 2.75) is 64.6 Å². The van der Waals surface area contributed by atoms with Crippen molar-refractivity contribution in [1.29, 1.82) is 0 Å². The first kappa shape index (κ1) is 14.5. The molecule has 0 spiro atoms. The van der Waals surface area contributed by atoms with Gasteiger partial charge in [-0.25, -0.2) is 0 Å². The second-order valence-electron chi connectivity index (χ2n) is 4.85. The van der Waals surface area contributed by atoms with E-state index >= 15 is 0 Å². The first-order valence-electron chi connectivity index (χ1n) is 5.74. The number of hydrogen-bond donors (Lipinski definition) is 1. The van der Waals surface area contributed by atoms with E-state index in [0.717, 1.165) is 38.7 Å². The molecule has 1 atom stereocenters. The van der Waals surface area contributed by atoms with Crippen molar-refractivity contribution in [2.75, 3.05) is 6.61 Å². The van der Waals surface area contributed by atoms with Crippen LogP contribution in [0.1, 0.15) is 52.9 Å². The van der Waals surface area contributed by atoms with E-state index in [1.54, 1.807) is 0 Å². The van der Waals surface area contributed by atoms with Crippen LogP contribution in [0.4, 0.5) is 0 Å². The average Bonchev–Trinajstić information content (AvgIpc) is 2.14. The molecule has 0 aliphatic heterocycles. The molecule has 15 heavy (non-hydrogen) atoms. The van der Waals surface area contributed by atoms with Crippen molar-refractivity contribution in [3.05, 3.63) is 0 Å². The maximum atomic E-state index is 9.11. The Morgan fingerprint density at radius 2 is 1.80 bits per heavy atom. The molecule has 0 radical (unpaired) electrons. The summed E-state index contributed by atoms with van der Waals surface area (Å²) in [5.74, 6) is 2.32. The highest BCUT2D eigenvalue weighted by Gasteiger charge is 2.08. The van der Waals surface area contributed by atoms with E-state index in [-0.39, 0.29) is 5.60 Å². The summed E-state index contributed by atoms with van der Waals surface area (Å²) in [6, 6.07) is 0. The Morgan fingerprint density at radius 3 is 2.33 bits per heavy atom. The topological polar surface area (TPSA) is 29.5 Å². The monoisotopic (exact) mass is 212 g/mol. The van der Waals surface area contributed by atoms with Crippen LogP contribution in [0.5, 0.6) is 0 Å². The number of aliphatic hydroxyl groups is 1. The SMILES string of the molecule is C#CC(O)CCCCCCOC(C)(C)C. The van der Waals surface area contributed by atoms with Gasteiger partial charge in [-0.3, -0.25) is 0 Å². The van der Waals surface area contributed by atoms with Gasteiger partial charge >= 0.3 is 0 Å². The van der Waals surface area contributed by atoms with Crippen LogP contribution in [0.15, 0.2) is 0 Å². The molecule has 0 bridgehead atoms. The second kappa shape index (κ2) is 7.73. The molecule has 2 heteroatoms. The van der Waals surface area contributed by atoms with Crippen LogP contribution in [0.25, 0.3) is 0 Å². The Kier molecular flexibility index (Phi) is 7.46. The fraction of sp³-hybridized carbons (Fsp3) is 0.846. The molecule has 0 saturated heterocycles. The zero-order valence-electron chi connectivity index (χ0n) is 10.3. The number of unbranched alkanes of at least 4 members (excludes halogenated alkanes) is 3. The van der Waals surface area contributed by atoms with Crippen molar-refractivity contribution in [1.82, 2.24) is 0 Å². The molecule has 0 aromatic rings. The van der Waals surface area contributed by atoms with Crippen molar-refractivity contribution in [3.63, 3.8) is 0 Å². The summed E-state index contributed by atoms with van der Waals surface area (Å²) in [7, 11) is 0. The van der Waals surface area contributed by atoms with Gasteiger partial charge in [-0.1, -0.05) is 18.8 Å². The zero-order valence-corrected chi connectivity index (χ0v) is 10.3. The molecule has 0 heterocycles. The Labute approximate surface area is 94.0 Å². The fourth-order valence-corrected chi connectivity index (χ4v) is 1.25. The maximum Gasteiger partial charge on any atom is 0.114 e. The number of rotatable bonds is 7. The summed E-state index contributed by atoms with van der Waals surface area (Å²) in [6.07, 6.45) is 9.57. The summed E-state index contributed by atoms with van der Waals surface area (Å²) in [4.78, 5) is 0. The number of hydrogen-bond acceptors (Lipinski definition) is 2. The van der Waals surface area contributed by atoms with Crippen LogP contribution < -0.4 is 0 Å². The lowest BCUT2D eigenvalue weighted by Gasteiger charge is -2.19. The molecule has 1 unspecified atom stereocenters. The van der Waals surface area contributed by atoms with Crippen LogP contribution in [0.3, 0.4) is 0 Å². The van der Waals surface area contributed by atoms with Crippen molar-refractivity contribution < 1.29 is 9.84 Å². The van der Waals surface area contributed by atoms with E-state index in [1.807, 2.05) is 0 Å². The van der Waals surface area contributed by atoms with E-state index < -0.39 is 6.10 Å². The third-order valence-electron chi connectivity index (χ3n) is 2.10. The van der Waals surface area contributed by atoms with E-state index in [1.165, 1.54) is 0 Å². The highest BCUT2D eigenvalue weighted by atomic mass is 16.5. The van der Waals surface area contributed by atoms with Crippen LogP contribution in [-0.4, -0.2) is 23.4 Å². The van der Waals surface area contributed by atoms with Gasteiger partial charge in [0, 0.05) is 6.61 Å². The zero-order chi connectivity index (χ0) is 11.7. The van der Waals surface area contributed by atoms with Crippen molar-refractivity contribution in [2.24, 2.45) is 0 Å². The van der Waals surface area contributed by atoms with E-state index in [2.05, 4.69) is 26.7 Å². The van der Waals surface area contributed by atoms with Crippen LogP contribution in [0, 0.1) is 12.3 Å². The van der Waals surface area contributed by atoms with Crippen LogP contribution in [0.2, 0.25) is 0 Å². The molecule has 0 rings (SSSR count). The lowest BCUT2D eigenvalue weighted by molar-refractivity contribution is -0.00477. The Bertz CT molecular complexity index is 186. The summed E-state index contributed by atoms with van der Waals surface area (Å²) in [5.41, 5.74) is -0.0281. The molecule has 0 amide bonds. The maximum absolute atomic E-state index is 9.11. The average molecular weight is 212 g/mol. The van der Waals surface area contributed by atoms with Crippen molar-refractivity contribution in [3.8, 4) is 12.3 Å². The minimum Gasteiger partial charge on any atom is -0.380 e. The van der Waals surface area contributed by atoms with Gasteiger partial charge in [0.05, 0.1) is 5.60 Å². The highest BCUT2D eigenvalue weighted by Crippen LogP contribution is 2.10. The minimum atomic E-state index is -0.559. The molecule has 0 aromatic carbocycles. The predicted molar refractivity (Wildman–Crippen MR) is 63.6 cm³/mol. The van der Waals surface area contributed by atoms with Gasteiger partial charge in [0.1, 0.15) is 6.10 Å². The summed E-state index contributed by atoms with van der Waals surface area (Å²) >= 11 is 0. The number of terminal acetylenes is 1. The van der Waals surface area contributed by atoms with Gasteiger partial charge in [0.15, 0.2) is 0 Å². The largest absolute Gasteiger partial charge is 0.380 e. The van der Waals surface area contributed by atoms with Gasteiger partial charge in [0.2, 0.25) is 0 Å². The number of ether oxygens (including phenoxy) is 1. The first-order chi connectivity index (χ1) is 6.95. The summed E-state index contributed by atoms with van der Waals surface area (Å²) < 4.78 is 5.60. The molecule has 0 aromatic heterocycles. The number of aliphatic hydroxyl groups excluding tert-OH is 1. The molecule has 0 aliphatic carbocycles. The molecule has 1 N–H and O–H groups in total. The van der Waals surface area contributed by atoms with Crippen LogP contribution >= 0.6 is 0 Å². The molecule has 88 valence electrons. The molecular formula is C13H24O2. The van der Waals surface area contributed by atoms with Gasteiger partial charge < -0.3 is 9.84 Å². The quantitative estimate of drug-likeness (QED) is 0.519. The molecule has 2 nitrogen and oxygen atoms in total. The van der Waals surface area contributed by atoms with Crippen LogP contribution in [-0.2, 0) is 4.74 Å². The second-order valence-corrected chi connectivity index (χ2v) is 4.85.